The highest BCUT2D eigenvalue weighted by molar-refractivity contribution is 7.10. The zero-order chi connectivity index (χ0) is 15.9. The number of rotatable bonds is 6. The van der Waals surface area contributed by atoms with Gasteiger partial charge in [0.15, 0.2) is 0 Å². The Bertz CT molecular complexity index is 475. The van der Waals surface area contributed by atoms with Crippen LogP contribution in [0.4, 0.5) is 4.79 Å². The summed E-state index contributed by atoms with van der Waals surface area (Å²) in [6, 6.07) is 2.48. The van der Waals surface area contributed by atoms with Crippen LogP contribution in [0.2, 0.25) is 0 Å². The van der Waals surface area contributed by atoms with Gasteiger partial charge in [-0.05, 0) is 51.6 Å². The van der Waals surface area contributed by atoms with Crippen molar-refractivity contribution >= 4 is 17.4 Å². The lowest BCUT2D eigenvalue weighted by molar-refractivity contribution is 0.0534. The lowest BCUT2D eigenvalue weighted by Crippen LogP contribution is -2.32. The van der Waals surface area contributed by atoms with Crippen molar-refractivity contribution in [3.63, 3.8) is 0 Å². The molecule has 0 saturated heterocycles. The van der Waals surface area contributed by atoms with Crippen LogP contribution in [0.5, 0.6) is 0 Å². The molecule has 0 aliphatic rings. The third kappa shape index (κ3) is 7.29. The molecule has 0 fully saturated rings. The normalized spacial score (nSPS) is 13.4. The van der Waals surface area contributed by atoms with Gasteiger partial charge in [0, 0.05) is 24.0 Å². The number of ether oxygens (including phenoxy) is 1. The molecule has 5 heteroatoms. The molecule has 1 aromatic rings. The maximum Gasteiger partial charge on any atom is 0.407 e. The second-order valence-corrected chi connectivity index (χ2v) is 6.90. The van der Waals surface area contributed by atoms with Crippen LogP contribution in [0.3, 0.4) is 0 Å². The maximum atomic E-state index is 11.4. The van der Waals surface area contributed by atoms with Crippen LogP contribution in [0.1, 0.15) is 44.2 Å². The third-order valence-corrected chi connectivity index (χ3v) is 3.97. The SMILES string of the molecule is Cc1ccsc1C(C)NC/C=C/CNC(=O)OC(C)(C)C. The summed E-state index contributed by atoms with van der Waals surface area (Å²) in [7, 11) is 0. The number of amides is 1. The lowest BCUT2D eigenvalue weighted by atomic mass is 10.2. The molecule has 21 heavy (non-hydrogen) atoms. The van der Waals surface area contributed by atoms with Crippen LogP contribution in [0, 0.1) is 6.92 Å². The van der Waals surface area contributed by atoms with Crippen molar-refractivity contribution in [3.8, 4) is 0 Å². The molecule has 1 rings (SSSR count). The van der Waals surface area contributed by atoms with Crippen molar-refractivity contribution < 1.29 is 9.53 Å². The highest BCUT2D eigenvalue weighted by atomic mass is 32.1. The average molecular weight is 310 g/mol. The van der Waals surface area contributed by atoms with Crippen molar-refractivity contribution in [2.45, 2.75) is 46.3 Å². The first kappa shape index (κ1) is 17.7. The van der Waals surface area contributed by atoms with E-state index in [9.17, 15) is 4.79 Å². The number of aryl methyl sites for hydroxylation is 1. The molecule has 0 aromatic carbocycles. The molecule has 0 spiro atoms. The summed E-state index contributed by atoms with van der Waals surface area (Å²) in [5.74, 6) is 0. The molecule has 1 aromatic heterocycles. The Kier molecular flexibility index (Phi) is 6.92. The van der Waals surface area contributed by atoms with Crippen LogP contribution in [-0.2, 0) is 4.74 Å². The summed E-state index contributed by atoms with van der Waals surface area (Å²) in [6.45, 7) is 11.1. The van der Waals surface area contributed by atoms with Gasteiger partial charge in [-0.3, -0.25) is 0 Å². The Hall–Kier alpha value is -1.33. The fourth-order valence-corrected chi connectivity index (χ4v) is 2.75. The van der Waals surface area contributed by atoms with Gasteiger partial charge >= 0.3 is 6.09 Å². The molecule has 1 amide bonds. The van der Waals surface area contributed by atoms with E-state index < -0.39 is 5.60 Å². The van der Waals surface area contributed by atoms with Crippen LogP contribution in [0.15, 0.2) is 23.6 Å². The second-order valence-electron chi connectivity index (χ2n) is 5.95. The van der Waals surface area contributed by atoms with Gasteiger partial charge in [-0.2, -0.15) is 0 Å². The first-order valence-corrected chi connectivity index (χ1v) is 8.07. The van der Waals surface area contributed by atoms with E-state index >= 15 is 0 Å². The first-order valence-electron chi connectivity index (χ1n) is 7.19. The summed E-state index contributed by atoms with van der Waals surface area (Å²) < 4.78 is 5.15. The molecule has 1 atom stereocenters. The molecule has 0 saturated carbocycles. The Morgan fingerprint density at radius 2 is 2.05 bits per heavy atom. The fourth-order valence-electron chi connectivity index (χ4n) is 1.79. The topological polar surface area (TPSA) is 50.4 Å². The maximum absolute atomic E-state index is 11.4. The summed E-state index contributed by atoms with van der Waals surface area (Å²) in [5.41, 5.74) is 0.874. The van der Waals surface area contributed by atoms with Gasteiger partial charge in [0.25, 0.3) is 0 Å². The molecular formula is C16H26N2O2S. The van der Waals surface area contributed by atoms with Gasteiger partial charge in [0.2, 0.25) is 0 Å². The van der Waals surface area contributed by atoms with Gasteiger partial charge in [-0.15, -0.1) is 11.3 Å². The number of hydrogen-bond donors (Lipinski definition) is 2. The number of alkyl carbamates (subject to hydrolysis) is 1. The summed E-state index contributed by atoms with van der Waals surface area (Å²) >= 11 is 1.77. The first-order chi connectivity index (χ1) is 9.79. The molecule has 0 aliphatic carbocycles. The van der Waals surface area contributed by atoms with Crippen LogP contribution in [0.25, 0.3) is 0 Å². The molecule has 0 bridgehead atoms. The minimum absolute atomic E-state index is 0.341. The molecule has 1 heterocycles. The predicted molar refractivity (Wildman–Crippen MR) is 88.9 cm³/mol. The standard InChI is InChI=1S/C16H26N2O2S/c1-12-8-11-21-14(12)13(2)17-9-6-7-10-18-15(19)20-16(3,4)5/h6-8,11,13,17H,9-10H2,1-5H3,(H,18,19)/b7-6+. The smallest absolute Gasteiger partial charge is 0.407 e. The van der Waals surface area contributed by atoms with Gasteiger partial charge in [-0.25, -0.2) is 4.79 Å². The Morgan fingerprint density at radius 3 is 2.62 bits per heavy atom. The summed E-state index contributed by atoms with van der Waals surface area (Å²) in [4.78, 5) is 12.8. The number of nitrogens with one attached hydrogen (secondary N) is 2. The van der Waals surface area contributed by atoms with E-state index in [0.29, 0.717) is 12.6 Å². The van der Waals surface area contributed by atoms with Crippen molar-refractivity contribution in [2.24, 2.45) is 0 Å². The zero-order valence-electron chi connectivity index (χ0n) is 13.5. The Morgan fingerprint density at radius 1 is 1.38 bits per heavy atom. The molecule has 2 N–H and O–H groups in total. The van der Waals surface area contributed by atoms with Crippen molar-refractivity contribution in [1.29, 1.82) is 0 Å². The van der Waals surface area contributed by atoms with E-state index in [-0.39, 0.29) is 6.09 Å². The summed E-state index contributed by atoms with van der Waals surface area (Å²) in [5, 5.41) is 8.24. The highest BCUT2D eigenvalue weighted by Gasteiger charge is 2.14. The van der Waals surface area contributed by atoms with Crippen LogP contribution in [-0.4, -0.2) is 24.8 Å². The number of thiophene rings is 1. The van der Waals surface area contributed by atoms with Gasteiger partial charge in [-0.1, -0.05) is 12.2 Å². The monoisotopic (exact) mass is 310 g/mol. The van der Waals surface area contributed by atoms with E-state index in [1.165, 1.54) is 10.4 Å². The average Bonchev–Trinajstić information content (AvgIpc) is 2.77. The van der Waals surface area contributed by atoms with Crippen molar-refractivity contribution in [2.75, 3.05) is 13.1 Å². The van der Waals surface area contributed by atoms with E-state index in [4.69, 9.17) is 4.74 Å². The van der Waals surface area contributed by atoms with Crippen LogP contribution >= 0.6 is 11.3 Å². The van der Waals surface area contributed by atoms with E-state index in [1.807, 2.05) is 32.9 Å². The van der Waals surface area contributed by atoms with Crippen LogP contribution < -0.4 is 10.6 Å². The zero-order valence-corrected chi connectivity index (χ0v) is 14.3. The number of carbonyl (C=O) groups excluding carboxylic acids is 1. The molecule has 0 radical (unpaired) electrons. The van der Waals surface area contributed by atoms with Gasteiger partial charge in [0.05, 0.1) is 0 Å². The predicted octanol–water partition coefficient (Wildman–Crippen LogP) is 3.79. The molecule has 0 aliphatic heterocycles. The fraction of sp³-hybridized carbons (Fsp3) is 0.562. The second kappa shape index (κ2) is 8.20. The molecule has 4 nitrogen and oxygen atoms in total. The number of hydrogen-bond acceptors (Lipinski definition) is 4. The van der Waals surface area contributed by atoms with Crippen molar-refractivity contribution in [3.05, 3.63) is 34.0 Å². The van der Waals surface area contributed by atoms with E-state index in [2.05, 4.69) is 35.9 Å². The molecular weight excluding hydrogens is 284 g/mol. The van der Waals surface area contributed by atoms with Gasteiger partial charge < -0.3 is 15.4 Å². The third-order valence-electron chi connectivity index (χ3n) is 2.77. The quantitative estimate of drug-likeness (QED) is 0.786. The Labute approximate surface area is 131 Å². The minimum atomic E-state index is -0.455. The lowest BCUT2D eigenvalue weighted by Gasteiger charge is -2.19. The van der Waals surface area contributed by atoms with E-state index in [1.54, 1.807) is 11.3 Å². The molecule has 1 unspecified atom stereocenters. The highest BCUT2D eigenvalue weighted by Crippen LogP contribution is 2.22. The summed E-state index contributed by atoms with van der Waals surface area (Å²) in [6.07, 6.45) is 3.55. The minimum Gasteiger partial charge on any atom is -0.444 e. The molecule has 118 valence electrons. The Balaban J connectivity index is 2.18. The number of carbonyl (C=O) groups is 1. The largest absolute Gasteiger partial charge is 0.444 e. The van der Waals surface area contributed by atoms with E-state index in [0.717, 1.165) is 6.54 Å². The van der Waals surface area contributed by atoms with Gasteiger partial charge in [0.1, 0.15) is 5.60 Å². The van der Waals surface area contributed by atoms with Crippen molar-refractivity contribution in [1.82, 2.24) is 10.6 Å².